The molecule has 0 atom stereocenters. The van der Waals surface area contributed by atoms with Crippen LogP contribution < -0.4 is 10.2 Å². The van der Waals surface area contributed by atoms with E-state index in [4.69, 9.17) is 0 Å². The molecule has 1 fully saturated rings. The molecule has 0 radical (unpaired) electrons. The Bertz CT molecular complexity index is 558. The van der Waals surface area contributed by atoms with Gasteiger partial charge in [0.2, 0.25) is 0 Å². The molecule has 19 heavy (non-hydrogen) atoms. The number of aromatic nitrogens is 2. The van der Waals surface area contributed by atoms with E-state index in [0.29, 0.717) is 6.04 Å². The summed E-state index contributed by atoms with van der Waals surface area (Å²) in [6.45, 7) is 7.52. The molecule has 2 aromatic rings. The SMILES string of the molecule is CCNC1CCN(c2ncnc3c(C)csc23)CC1. The quantitative estimate of drug-likeness (QED) is 0.935. The molecule has 1 saturated heterocycles. The normalized spacial score (nSPS) is 17.3. The predicted molar refractivity (Wildman–Crippen MR) is 81.1 cm³/mol. The van der Waals surface area contributed by atoms with Gasteiger partial charge in [0.05, 0.1) is 10.2 Å². The van der Waals surface area contributed by atoms with E-state index in [-0.39, 0.29) is 0 Å². The van der Waals surface area contributed by atoms with E-state index in [2.05, 4.69) is 39.4 Å². The first kappa shape index (κ1) is 12.8. The largest absolute Gasteiger partial charge is 0.355 e. The molecule has 4 nitrogen and oxygen atoms in total. The van der Waals surface area contributed by atoms with Gasteiger partial charge < -0.3 is 10.2 Å². The molecule has 1 aliphatic rings. The zero-order chi connectivity index (χ0) is 13.2. The van der Waals surface area contributed by atoms with E-state index >= 15 is 0 Å². The van der Waals surface area contributed by atoms with Crippen molar-refractivity contribution in [1.82, 2.24) is 15.3 Å². The highest BCUT2D eigenvalue weighted by Crippen LogP contribution is 2.32. The van der Waals surface area contributed by atoms with Crippen molar-refractivity contribution in [1.29, 1.82) is 0 Å². The third kappa shape index (κ3) is 2.44. The molecule has 3 heterocycles. The summed E-state index contributed by atoms with van der Waals surface area (Å²) in [5.74, 6) is 1.12. The monoisotopic (exact) mass is 276 g/mol. The Morgan fingerprint density at radius 3 is 2.89 bits per heavy atom. The lowest BCUT2D eigenvalue weighted by Crippen LogP contribution is -2.42. The standard InChI is InChI=1S/C14H20N4S/c1-3-15-11-4-6-18(7-5-11)14-13-12(16-9-17-14)10(2)8-19-13/h8-9,11,15H,3-7H2,1-2H3. The number of hydrogen-bond acceptors (Lipinski definition) is 5. The molecule has 0 spiro atoms. The molecule has 5 heteroatoms. The fourth-order valence-electron chi connectivity index (χ4n) is 2.77. The van der Waals surface area contributed by atoms with Crippen LogP contribution in [0.3, 0.4) is 0 Å². The maximum absolute atomic E-state index is 4.52. The van der Waals surface area contributed by atoms with Crippen LogP contribution in [0.2, 0.25) is 0 Å². The fraction of sp³-hybridized carbons (Fsp3) is 0.571. The Balaban J connectivity index is 1.82. The topological polar surface area (TPSA) is 41.0 Å². The third-order valence-electron chi connectivity index (χ3n) is 3.80. The molecule has 1 N–H and O–H groups in total. The molecule has 3 rings (SSSR count). The zero-order valence-electron chi connectivity index (χ0n) is 11.5. The molecular weight excluding hydrogens is 256 g/mol. The van der Waals surface area contributed by atoms with Gasteiger partial charge >= 0.3 is 0 Å². The number of rotatable bonds is 3. The summed E-state index contributed by atoms with van der Waals surface area (Å²) in [5.41, 5.74) is 2.37. The van der Waals surface area contributed by atoms with Crippen LogP contribution in [-0.2, 0) is 0 Å². The van der Waals surface area contributed by atoms with E-state index in [1.807, 2.05) is 0 Å². The maximum Gasteiger partial charge on any atom is 0.150 e. The molecule has 0 amide bonds. The van der Waals surface area contributed by atoms with Gasteiger partial charge in [-0.15, -0.1) is 11.3 Å². The van der Waals surface area contributed by atoms with Crippen molar-refractivity contribution < 1.29 is 0 Å². The van der Waals surface area contributed by atoms with Crippen LogP contribution in [0.4, 0.5) is 5.82 Å². The second kappa shape index (κ2) is 5.43. The summed E-state index contributed by atoms with van der Waals surface area (Å²) in [7, 11) is 0. The van der Waals surface area contributed by atoms with Crippen LogP contribution in [0.25, 0.3) is 10.2 Å². The molecule has 0 unspecified atom stereocenters. The lowest BCUT2D eigenvalue weighted by Gasteiger charge is -2.33. The van der Waals surface area contributed by atoms with Crippen LogP contribution in [0.15, 0.2) is 11.7 Å². The van der Waals surface area contributed by atoms with Crippen molar-refractivity contribution in [3.05, 3.63) is 17.3 Å². The van der Waals surface area contributed by atoms with Gasteiger partial charge in [0.1, 0.15) is 12.1 Å². The number of hydrogen-bond donors (Lipinski definition) is 1. The Labute approximate surface area is 117 Å². The predicted octanol–water partition coefficient (Wildman–Crippen LogP) is 2.58. The molecule has 0 saturated carbocycles. The lowest BCUT2D eigenvalue weighted by atomic mass is 10.1. The van der Waals surface area contributed by atoms with E-state index < -0.39 is 0 Å². The Kier molecular flexibility index (Phi) is 3.66. The summed E-state index contributed by atoms with van der Waals surface area (Å²) in [4.78, 5) is 11.3. The zero-order valence-corrected chi connectivity index (χ0v) is 12.3. The van der Waals surface area contributed by atoms with E-state index in [1.165, 1.54) is 23.1 Å². The fourth-order valence-corrected chi connectivity index (χ4v) is 3.79. The summed E-state index contributed by atoms with van der Waals surface area (Å²) in [6.07, 6.45) is 4.10. The summed E-state index contributed by atoms with van der Waals surface area (Å²) in [6, 6.07) is 0.670. The number of nitrogens with one attached hydrogen (secondary N) is 1. The van der Waals surface area contributed by atoms with Crippen LogP contribution in [0.5, 0.6) is 0 Å². The lowest BCUT2D eigenvalue weighted by molar-refractivity contribution is 0.423. The average molecular weight is 276 g/mol. The summed E-state index contributed by atoms with van der Waals surface area (Å²) < 4.78 is 1.24. The Morgan fingerprint density at radius 2 is 2.16 bits per heavy atom. The minimum absolute atomic E-state index is 0.670. The van der Waals surface area contributed by atoms with Gasteiger partial charge in [0.25, 0.3) is 0 Å². The number of nitrogens with zero attached hydrogens (tertiary/aromatic N) is 3. The molecule has 0 aromatic carbocycles. The third-order valence-corrected chi connectivity index (χ3v) is 4.88. The van der Waals surface area contributed by atoms with Gasteiger partial charge in [-0.3, -0.25) is 0 Å². The minimum atomic E-state index is 0.670. The van der Waals surface area contributed by atoms with Crippen LogP contribution >= 0.6 is 11.3 Å². The Morgan fingerprint density at radius 1 is 1.37 bits per heavy atom. The number of thiophene rings is 1. The minimum Gasteiger partial charge on any atom is -0.355 e. The molecular formula is C14H20N4S. The number of aryl methyl sites for hydroxylation is 1. The molecule has 0 bridgehead atoms. The van der Waals surface area contributed by atoms with Gasteiger partial charge in [-0.2, -0.15) is 0 Å². The van der Waals surface area contributed by atoms with Crippen molar-refractivity contribution in [2.75, 3.05) is 24.5 Å². The average Bonchev–Trinajstić information content (AvgIpc) is 2.82. The van der Waals surface area contributed by atoms with Gasteiger partial charge in [-0.1, -0.05) is 6.92 Å². The number of anilines is 1. The maximum atomic E-state index is 4.52. The molecule has 0 aliphatic carbocycles. The van der Waals surface area contributed by atoms with Crippen molar-refractivity contribution in [2.45, 2.75) is 32.7 Å². The van der Waals surface area contributed by atoms with Crippen LogP contribution in [-0.4, -0.2) is 35.6 Å². The first-order valence-corrected chi connectivity index (χ1v) is 7.84. The second-order valence-electron chi connectivity index (χ2n) is 5.11. The first-order chi connectivity index (χ1) is 9.29. The van der Waals surface area contributed by atoms with E-state index in [0.717, 1.165) is 31.0 Å². The molecule has 1 aliphatic heterocycles. The van der Waals surface area contributed by atoms with Crippen molar-refractivity contribution in [3.8, 4) is 0 Å². The summed E-state index contributed by atoms with van der Waals surface area (Å²) >= 11 is 1.76. The smallest absolute Gasteiger partial charge is 0.150 e. The number of piperidine rings is 1. The van der Waals surface area contributed by atoms with Crippen molar-refractivity contribution in [2.24, 2.45) is 0 Å². The molecule has 2 aromatic heterocycles. The van der Waals surface area contributed by atoms with Gasteiger partial charge in [0, 0.05) is 19.1 Å². The van der Waals surface area contributed by atoms with E-state index in [9.17, 15) is 0 Å². The number of fused-ring (bicyclic) bond motifs is 1. The van der Waals surface area contributed by atoms with Crippen molar-refractivity contribution >= 4 is 27.4 Å². The van der Waals surface area contributed by atoms with Gasteiger partial charge in [0.15, 0.2) is 0 Å². The first-order valence-electron chi connectivity index (χ1n) is 6.96. The van der Waals surface area contributed by atoms with Gasteiger partial charge in [-0.05, 0) is 37.3 Å². The highest BCUT2D eigenvalue weighted by atomic mass is 32.1. The van der Waals surface area contributed by atoms with Crippen LogP contribution in [0.1, 0.15) is 25.3 Å². The van der Waals surface area contributed by atoms with Crippen LogP contribution in [0, 0.1) is 6.92 Å². The molecule has 102 valence electrons. The second-order valence-corrected chi connectivity index (χ2v) is 5.99. The van der Waals surface area contributed by atoms with Gasteiger partial charge in [-0.25, -0.2) is 9.97 Å². The highest BCUT2D eigenvalue weighted by Gasteiger charge is 2.21. The van der Waals surface area contributed by atoms with E-state index in [1.54, 1.807) is 17.7 Å². The Hall–Kier alpha value is -1.20. The van der Waals surface area contributed by atoms with Crippen molar-refractivity contribution in [3.63, 3.8) is 0 Å². The highest BCUT2D eigenvalue weighted by molar-refractivity contribution is 7.18. The summed E-state index contributed by atoms with van der Waals surface area (Å²) in [5, 5.41) is 5.72.